The Morgan fingerprint density at radius 2 is 1.73 bits per heavy atom. The molecule has 0 saturated heterocycles. The van der Waals surface area contributed by atoms with Gasteiger partial charge in [0.2, 0.25) is 10.0 Å². The summed E-state index contributed by atoms with van der Waals surface area (Å²) in [5, 5.41) is 0. The third kappa shape index (κ3) is 4.33. The van der Waals surface area contributed by atoms with Gasteiger partial charge in [0.15, 0.2) is 0 Å². The van der Waals surface area contributed by atoms with Crippen molar-refractivity contribution < 1.29 is 17.2 Å². The summed E-state index contributed by atoms with van der Waals surface area (Å²) in [5.41, 5.74) is 4.46. The zero-order chi connectivity index (χ0) is 21.5. The minimum Gasteiger partial charge on any atom is -0.306 e. The predicted molar refractivity (Wildman–Crippen MR) is 113 cm³/mol. The highest BCUT2D eigenvalue weighted by molar-refractivity contribution is 7.91. The van der Waals surface area contributed by atoms with E-state index in [2.05, 4.69) is 9.71 Å². The second kappa shape index (κ2) is 7.53. The molecule has 0 atom stereocenters. The van der Waals surface area contributed by atoms with Crippen molar-refractivity contribution in [2.45, 2.75) is 19.6 Å². The first kappa shape index (κ1) is 20.0. The number of pyridine rings is 1. The van der Waals surface area contributed by atoms with Gasteiger partial charge in [-0.3, -0.25) is 4.72 Å². The molecule has 0 fully saturated rings. The second-order valence-corrected chi connectivity index (χ2v) is 8.99. The number of aryl methyl sites for hydroxylation is 2. The molecule has 0 aliphatic rings. The van der Waals surface area contributed by atoms with Gasteiger partial charge in [-0.2, -0.15) is 0 Å². The minimum absolute atomic E-state index is 0.0320. The van der Waals surface area contributed by atoms with Crippen LogP contribution >= 0.6 is 0 Å². The molecular formula is C22H19F2N3O2S. The molecule has 5 nitrogen and oxygen atoms in total. The van der Waals surface area contributed by atoms with Gasteiger partial charge in [0.25, 0.3) is 0 Å². The van der Waals surface area contributed by atoms with Crippen molar-refractivity contribution in [3.05, 3.63) is 89.2 Å². The van der Waals surface area contributed by atoms with Gasteiger partial charge in [0.05, 0.1) is 17.1 Å². The number of anilines is 1. The summed E-state index contributed by atoms with van der Waals surface area (Å²) >= 11 is 0. The van der Waals surface area contributed by atoms with E-state index >= 15 is 0 Å². The first-order valence-electron chi connectivity index (χ1n) is 9.20. The number of hydrogen-bond donors (Lipinski definition) is 1. The number of fused-ring (bicyclic) bond motifs is 1. The molecule has 0 aliphatic heterocycles. The van der Waals surface area contributed by atoms with Crippen LogP contribution in [0.2, 0.25) is 0 Å². The zero-order valence-electron chi connectivity index (χ0n) is 16.4. The fourth-order valence-corrected chi connectivity index (χ4v) is 4.46. The van der Waals surface area contributed by atoms with E-state index in [4.69, 9.17) is 0 Å². The highest BCUT2D eigenvalue weighted by Crippen LogP contribution is 2.27. The third-order valence-corrected chi connectivity index (χ3v) is 5.94. The number of hydrogen-bond acceptors (Lipinski definition) is 3. The van der Waals surface area contributed by atoms with Crippen LogP contribution in [0.5, 0.6) is 0 Å². The number of halogens is 2. The smallest absolute Gasteiger partial charge is 0.236 e. The maximum Gasteiger partial charge on any atom is 0.236 e. The molecule has 0 unspecified atom stereocenters. The zero-order valence-corrected chi connectivity index (χ0v) is 17.2. The Labute approximate surface area is 173 Å². The number of aromatic nitrogens is 2. The van der Waals surface area contributed by atoms with Crippen molar-refractivity contribution in [1.29, 1.82) is 0 Å². The second-order valence-electron chi connectivity index (χ2n) is 7.26. The molecule has 0 saturated carbocycles. The fraction of sp³-hybridized carbons (Fsp3) is 0.136. The molecule has 4 aromatic rings. The van der Waals surface area contributed by atoms with Gasteiger partial charge in [-0.15, -0.1) is 0 Å². The Hall–Kier alpha value is -3.26. The molecule has 2 aromatic carbocycles. The molecule has 4 rings (SSSR count). The number of imidazole rings is 1. The van der Waals surface area contributed by atoms with Crippen molar-refractivity contribution in [3.8, 4) is 11.3 Å². The van der Waals surface area contributed by atoms with Crippen LogP contribution in [0.1, 0.15) is 16.7 Å². The SMILES string of the molecule is Cc1ccn2cc(-c3ccc(C)c(NS(=O)(=O)Cc4cc(F)cc(F)c4)c3)nc2c1. The molecule has 2 heterocycles. The summed E-state index contributed by atoms with van der Waals surface area (Å²) in [5.74, 6) is -2.18. The van der Waals surface area contributed by atoms with E-state index in [1.807, 2.05) is 41.9 Å². The molecule has 8 heteroatoms. The number of sulfonamides is 1. The van der Waals surface area contributed by atoms with E-state index in [0.29, 0.717) is 23.0 Å². The van der Waals surface area contributed by atoms with Crippen LogP contribution in [0.3, 0.4) is 0 Å². The first-order chi connectivity index (χ1) is 14.2. The Kier molecular flexibility index (Phi) is 5.03. The summed E-state index contributed by atoms with van der Waals surface area (Å²) < 4.78 is 56.4. The number of benzene rings is 2. The molecule has 0 amide bonds. The van der Waals surface area contributed by atoms with Crippen molar-refractivity contribution in [2.75, 3.05) is 4.72 Å². The number of rotatable bonds is 5. The van der Waals surface area contributed by atoms with Crippen LogP contribution in [0.25, 0.3) is 16.9 Å². The van der Waals surface area contributed by atoms with E-state index in [1.54, 1.807) is 19.1 Å². The predicted octanol–water partition coefficient (Wildman–Crippen LogP) is 4.84. The van der Waals surface area contributed by atoms with Gasteiger partial charge < -0.3 is 4.40 Å². The molecular weight excluding hydrogens is 408 g/mol. The van der Waals surface area contributed by atoms with Crippen LogP contribution in [0.4, 0.5) is 14.5 Å². The highest BCUT2D eigenvalue weighted by atomic mass is 32.2. The van der Waals surface area contributed by atoms with E-state index in [1.165, 1.54) is 0 Å². The van der Waals surface area contributed by atoms with Crippen LogP contribution in [-0.2, 0) is 15.8 Å². The molecule has 0 radical (unpaired) electrons. The maximum absolute atomic E-state index is 13.4. The van der Waals surface area contributed by atoms with E-state index in [-0.39, 0.29) is 5.56 Å². The van der Waals surface area contributed by atoms with Crippen molar-refractivity contribution >= 4 is 21.4 Å². The summed E-state index contributed by atoms with van der Waals surface area (Å²) in [6, 6.07) is 12.0. The lowest BCUT2D eigenvalue weighted by Gasteiger charge is -2.12. The summed E-state index contributed by atoms with van der Waals surface area (Å²) in [6.07, 6.45) is 3.78. The normalized spacial score (nSPS) is 11.7. The summed E-state index contributed by atoms with van der Waals surface area (Å²) in [7, 11) is -3.88. The first-order valence-corrected chi connectivity index (χ1v) is 10.9. The largest absolute Gasteiger partial charge is 0.306 e. The van der Waals surface area contributed by atoms with Crippen LogP contribution in [0, 0.1) is 25.5 Å². The van der Waals surface area contributed by atoms with E-state index in [0.717, 1.165) is 28.9 Å². The topological polar surface area (TPSA) is 63.5 Å². The van der Waals surface area contributed by atoms with Crippen LogP contribution in [-0.4, -0.2) is 17.8 Å². The Morgan fingerprint density at radius 3 is 2.47 bits per heavy atom. The highest BCUT2D eigenvalue weighted by Gasteiger charge is 2.16. The van der Waals surface area contributed by atoms with Crippen LogP contribution in [0.15, 0.2) is 60.9 Å². The maximum atomic E-state index is 13.4. The van der Waals surface area contributed by atoms with Gasteiger partial charge in [-0.1, -0.05) is 12.1 Å². The van der Waals surface area contributed by atoms with Crippen molar-refractivity contribution in [3.63, 3.8) is 0 Å². The molecule has 154 valence electrons. The third-order valence-electron chi connectivity index (χ3n) is 4.69. The minimum atomic E-state index is -3.88. The standard InChI is InChI=1S/C22H19F2N3O2S/c1-14-5-6-27-12-21(25-22(27)7-14)17-4-3-15(2)20(10-17)26-30(28,29)13-16-8-18(23)11-19(24)9-16/h3-12,26H,13H2,1-2H3. The lowest BCUT2D eigenvalue weighted by atomic mass is 10.1. The van der Waals surface area contributed by atoms with E-state index in [9.17, 15) is 17.2 Å². The molecule has 2 aromatic heterocycles. The molecule has 0 bridgehead atoms. The van der Waals surface area contributed by atoms with Gasteiger partial charge in [-0.05, 0) is 60.9 Å². The van der Waals surface area contributed by atoms with Gasteiger partial charge in [-0.25, -0.2) is 22.2 Å². The Bertz CT molecular complexity index is 1340. The van der Waals surface area contributed by atoms with E-state index < -0.39 is 27.4 Å². The van der Waals surface area contributed by atoms with Crippen molar-refractivity contribution in [1.82, 2.24) is 9.38 Å². The average molecular weight is 427 g/mol. The quantitative estimate of drug-likeness (QED) is 0.496. The Morgan fingerprint density at radius 1 is 1.00 bits per heavy atom. The van der Waals surface area contributed by atoms with Gasteiger partial charge in [0.1, 0.15) is 17.3 Å². The number of nitrogens with zero attached hydrogens (tertiary/aromatic N) is 2. The number of nitrogens with one attached hydrogen (secondary N) is 1. The van der Waals surface area contributed by atoms with Crippen LogP contribution < -0.4 is 4.72 Å². The Balaban J connectivity index is 1.64. The lowest BCUT2D eigenvalue weighted by molar-refractivity contribution is 0.579. The fourth-order valence-electron chi connectivity index (χ4n) is 3.23. The molecule has 0 spiro atoms. The monoisotopic (exact) mass is 427 g/mol. The summed E-state index contributed by atoms with van der Waals surface area (Å²) in [4.78, 5) is 4.60. The average Bonchev–Trinajstić information content (AvgIpc) is 3.05. The van der Waals surface area contributed by atoms with Gasteiger partial charge in [0, 0.05) is 24.0 Å². The molecule has 1 N–H and O–H groups in total. The molecule has 0 aliphatic carbocycles. The van der Waals surface area contributed by atoms with Crippen molar-refractivity contribution in [2.24, 2.45) is 0 Å². The lowest BCUT2D eigenvalue weighted by Crippen LogP contribution is -2.16. The molecule has 30 heavy (non-hydrogen) atoms. The summed E-state index contributed by atoms with van der Waals surface area (Å²) in [6.45, 7) is 3.76. The van der Waals surface area contributed by atoms with Gasteiger partial charge >= 0.3 is 0 Å².